The Morgan fingerprint density at radius 1 is 1.00 bits per heavy atom. The van der Waals surface area contributed by atoms with Crippen molar-refractivity contribution in [3.05, 3.63) is 48.7 Å². The Bertz CT molecular complexity index is 1150. The van der Waals surface area contributed by atoms with Crippen molar-refractivity contribution in [3.63, 3.8) is 0 Å². The van der Waals surface area contributed by atoms with Crippen molar-refractivity contribution >= 4 is 40.2 Å². The van der Waals surface area contributed by atoms with Crippen molar-refractivity contribution in [3.8, 4) is 11.5 Å². The average Bonchev–Trinajstić information content (AvgIpc) is 3.43. The Labute approximate surface area is 190 Å². The van der Waals surface area contributed by atoms with Crippen molar-refractivity contribution < 1.29 is 19.1 Å². The quantitative estimate of drug-likeness (QED) is 0.571. The number of ether oxygens (including phenoxy) is 2. The van der Waals surface area contributed by atoms with Gasteiger partial charge in [0.25, 0.3) is 0 Å². The first-order chi connectivity index (χ1) is 15.7. The summed E-state index contributed by atoms with van der Waals surface area (Å²) in [5.74, 6) is 1.64. The molecule has 2 aliphatic heterocycles. The van der Waals surface area contributed by atoms with E-state index >= 15 is 0 Å². The van der Waals surface area contributed by atoms with Crippen LogP contribution in [0.2, 0.25) is 0 Å². The van der Waals surface area contributed by atoms with E-state index in [9.17, 15) is 9.59 Å². The van der Waals surface area contributed by atoms with Crippen LogP contribution in [0.1, 0.15) is 19.3 Å². The molecule has 7 nitrogen and oxygen atoms in total. The van der Waals surface area contributed by atoms with Gasteiger partial charge >= 0.3 is 0 Å². The molecule has 5 rings (SSSR count). The molecule has 8 heteroatoms. The van der Waals surface area contributed by atoms with E-state index in [0.717, 1.165) is 41.7 Å². The van der Waals surface area contributed by atoms with Gasteiger partial charge in [0, 0.05) is 46.8 Å². The summed E-state index contributed by atoms with van der Waals surface area (Å²) < 4.78 is 12.7. The molecule has 166 valence electrons. The number of piperidine rings is 1. The summed E-state index contributed by atoms with van der Waals surface area (Å²) in [7, 11) is 0. The van der Waals surface area contributed by atoms with Crippen LogP contribution in [0.3, 0.4) is 0 Å². The number of carbonyl (C=O) groups is 2. The fourth-order valence-electron chi connectivity index (χ4n) is 4.16. The third-order valence-electron chi connectivity index (χ3n) is 5.78. The number of rotatable bonds is 6. The summed E-state index contributed by atoms with van der Waals surface area (Å²) in [6, 6.07) is 13.4. The van der Waals surface area contributed by atoms with E-state index in [4.69, 9.17) is 9.47 Å². The number of carbonyl (C=O) groups excluding carboxylic acids is 2. The summed E-state index contributed by atoms with van der Waals surface area (Å²) in [5.41, 5.74) is 1.69. The number of likely N-dealkylation sites (tertiary alicyclic amines) is 1. The summed E-state index contributed by atoms with van der Waals surface area (Å²) in [5, 5.41) is 3.96. The van der Waals surface area contributed by atoms with Crippen LogP contribution in [-0.2, 0) is 16.1 Å². The Balaban J connectivity index is 1.26. The normalized spacial score (nSPS) is 15.2. The molecule has 0 radical (unpaired) electrons. The molecule has 0 spiro atoms. The van der Waals surface area contributed by atoms with Gasteiger partial charge in [-0.15, -0.1) is 11.8 Å². The highest BCUT2D eigenvalue weighted by Crippen LogP contribution is 2.34. The number of benzene rings is 2. The number of aromatic nitrogens is 1. The second kappa shape index (κ2) is 9.16. The number of hydrogen-bond donors (Lipinski definition) is 1. The average molecular weight is 452 g/mol. The van der Waals surface area contributed by atoms with Gasteiger partial charge in [-0.05, 0) is 37.5 Å². The number of thioether (sulfide) groups is 1. The Kier molecular flexibility index (Phi) is 5.94. The Morgan fingerprint density at radius 2 is 1.81 bits per heavy atom. The maximum atomic E-state index is 12.8. The fourth-order valence-corrected chi connectivity index (χ4v) is 5.05. The first kappa shape index (κ1) is 20.8. The van der Waals surface area contributed by atoms with Crippen LogP contribution in [0.25, 0.3) is 10.9 Å². The second-order valence-corrected chi connectivity index (χ2v) is 9.00. The van der Waals surface area contributed by atoms with Crippen molar-refractivity contribution in [2.45, 2.75) is 30.7 Å². The van der Waals surface area contributed by atoms with Crippen LogP contribution < -0.4 is 14.8 Å². The van der Waals surface area contributed by atoms with Gasteiger partial charge in [-0.2, -0.15) is 0 Å². The van der Waals surface area contributed by atoms with Crippen LogP contribution in [0.5, 0.6) is 11.5 Å². The molecule has 0 bridgehead atoms. The molecule has 0 saturated carbocycles. The van der Waals surface area contributed by atoms with Gasteiger partial charge in [0.2, 0.25) is 18.6 Å². The molecule has 0 unspecified atom stereocenters. The molecule has 1 saturated heterocycles. The van der Waals surface area contributed by atoms with Crippen LogP contribution in [0, 0.1) is 0 Å². The fraction of sp³-hybridized carbons (Fsp3) is 0.333. The van der Waals surface area contributed by atoms with E-state index in [-0.39, 0.29) is 24.4 Å². The molecule has 3 aromatic rings. The highest BCUT2D eigenvalue weighted by molar-refractivity contribution is 8.00. The number of hydrogen-bond acceptors (Lipinski definition) is 5. The summed E-state index contributed by atoms with van der Waals surface area (Å²) >= 11 is 1.47. The molecule has 2 amide bonds. The highest BCUT2D eigenvalue weighted by atomic mass is 32.2. The lowest BCUT2D eigenvalue weighted by Gasteiger charge is -2.27. The molecule has 2 aliphatic rings. The van der Waals surface area contributed by atoms with E-state index in [2.05, 4.69) is 5.32 Å². The maximum Gasteiger partial charge on any atom is 0.242 e. The summed E-state index contributed by atoms with van der Waals surface area (Å²) in [4.78, 5) is 28.3. The summed E-state index contributed by atoms with van der Waals surface area (Å²) in [6.07, 6.45) is 5.35. The largest absolute Gasteiger partial charge is 0.454 e. The lowest BCUT2D eigenvalue weighted by atomic mass is 10.1. The molecule has 1 fully saturated rings. The molecule has 1 N–H and O–H groups in total. The first-order valence-corrected chi connectivity index (χ1v) is 11.8. The predicted octanol–water partition coefficient (Wildman–Crippen LogP) is 4.11. The van der Waals surface area contributed by atoms with E-state index in [1.165, 1.54) is 18.2 Å². The SMILES string of the molecule is O=C(CSc1cn(CC(=O)N2CCCCC2)c2ccccc12)Nc1ccc2c(c1)OCO2. The maximum absolute atomic E-state index is 12.8. The molecule has 2 aromatic carbocycles. The van der Waals surface area contributed by atoms with E-state index in [1.54, 1.807) is 18.2 Å². The number of nitrogens with one attached hydrogen (secondary N) is 1. The minimum absolute atomic E-state index is 0.102. The first-order valence-electron chi connectivity index (χ1n) is 10.9. The third kappa shape index (κ3) is 4.41. The van der Waals surface area contributed by atoms with Crippen LogP contribution in [-0.4, -0.2) is 46.9 Å². The van der Waals surface area contributed by atoms with Gasteiger partial charge in [-0.3, -0.25) is 9.59 Å². The smallest absolute Gasteiger partial charge is 0.242 e. The van der Waals surface area contributed by atoms with Gasteiger partial charge in [0.05, 0.1) is 5.75 Å². The number of fused-ring (bicyclic) bond motifs is 2. The lowest BCUT2D eigenvalue weighted by Crippen LogP contribution is -2.37. The Hall–Kier alpha value is -3.13. The zero-order valence-electron chi connectivity index (χ0n) is 17.7. The van der Waals surface area contributed by atoms with Crippen molar-refractivity contribution in [2.75, 3.05) is 31.0 Å². The van der Waals surface area contributed by atoms with Crippen molar-refractivity contribution in [1.82, 2.24) is 9.47 Å². The zero-order valence-corrected chi connectivity index (χ0v) is 18.5. The molecule has 3 heterocycles. The minimum atomic E-state index is -0.102. The second-order valence-electron chi connectivity index (χ2n) is 7.98. The number of nitrogens with zero attached hydrogens (tertiary/aromatic N) is 2. The lowest BCUT2D eigenvalue weighted by molar-refractivity contribution is -0.132. The van der Waals surface area contributed by atoms with Crippen molar-refractivity contribution in [1.29, 1.82) is 0 Å². The molecular weight excluding hydrogens is 426 g/mol. The van der Waals surface area contributed by atoms with Gasteiger partial charge in [-0.25, -0.2) is 0 Å². The number of para-hydroxylation sites is 1. The topological polar surface area (TPSA) is 72.8 Å². The van der Waals surface area contributed by atoms with E-state index < -0.39 is 0 Å². The van der Waals surface area contributed by atoms with Gasteiger partial charge in [0.1, 0.15) is 6.54 Å². The molecule has 1 aromatic heterocycles. The van der Waals surface area contributed by atoms with E-state index in [0.29, 0.717) is 23.7 Å². The summed E-state index contributed by atoms with van der Waals surface area (Å²) in [6.45, 7) is 2.22. The van der Waals surface area contributed by atoms with Gasteiger partial charge in [0.15, 0.2) is 11.5 Å². The zero-order chi connectivity index (χ0) is 21.9. The van der Waals surface area contributed by atoms with Crippen LogP contribution in [0.4, 0.5) is 5.69 Å². The van der Waals surface area contributed by atoms with Crippen molar-refractivity contribution in [2.24, 2.45) is 0 Å². The van der Waals surface area contributed by atoms with Gasteiger partial charge in [-0.1, -0.05) is 18.2 Å². The molecule has 0 aliphatic carbocycles. The molecular formula is C24H25N3O4S. The molecule has 32 heavy (non-hydrogen) atoms. The minimum Gasteiger partial charge on any atom is -0.454 e. The van der Waals surface area contributed by atoms with E-state index in [1.807, 2.05) is 39.9 Å². The predicted molar refractivity (Wildman–Crippen MR) is 124 cm³/mol. The highest BCUT2D eigenvalue weighted by Gasteiger charge is 2.19. The van der Waals surface area contributed by atoms with Gasteiger partial charge < -0.3 is 24.3 Å². The van der Waals surface area contributed by atoms with Crippen LogP contribution in [0.15, 0.2) is 53.6 Å². The third-order valence-corrected chi connectivity index (χ3v) is 6.82. The number of amides is 2. The monoisotopic (exact) mass is 451 g/mol. The number of anilines is 1. The Morgan fingerprint density at radius 3 is 2.69 bits per heavy atom. The standard InChI is InChI=1S/C24H25N3O4S/c28-23(25-17-8-9-20-21(12-17)31-16-30-20)15-32-22-13-27(19-7-3-2-6-18(19)22)14-24(29)26-10-4-1-5-11-26/h2-3,6-9,12-13H,1,4-5,10-11,14-16H2,(H,25,28). The molecule has 0 atom stereocenters. The van der Waals surface area contributed by atoms with Crippen LogP contribution >= 0.6 is 11.8 Å².